The summed E-state index contributed by atoms with van der Waals surface area (Å²) in [5, 5.41) is 3.52. The van der Waals surface area contributed by atoms with Crippen molar-refractivity contribution in [2.24, 2.45) is 0 Å². The van der Waals surface area contributed by atoms with E-state index in [1.54, 1.807) is 19.2 Å². The monoisotopic (exact) mass is 542 g/mol. The van der Waals surface area contributed by atoms with Crippen LogP contribution < -0.4 is 15.0 Å². The van der Waals surface area contributed by atoms with Crippen molar-refractivity contribution < 1.29 is 14.3 Å². The first-order valence-corrected chi connectivity index (χ1v) is 12.1. The third-order valence-electron chi connectivity index (χ3n) is 5.01. The standard InChI is InChI=1S/C25H20BrClN2O3S/c1-32-21-11-8-17(12-19(21)26)13-23-25(31)29(20-4-2-3-5-22(20)33-23)15-24(30)28-14-16-6-9-18(27)10-7-16/h2-13H,14-15H2,1H3,(H,28,30)/b23-13+. The second-order valence-corrected chi connectivity index (χ2v) is 9.64. The lowest BCUT2D eigenvalue weighted by Gasteiger charge is -2.29. The van der Waals surface area contributed by atoms with Gasteiger partial charge in [-0.1, -0.05) is 53.7 Å². The Labute approximate surface area is 209 Å². The molecule has 168 valence electrons. The van der Waals surface area contributed by atoms with Crippen LogP contribution in [0.15, 0.2) is 81.0 Å². The summed E-state index contributed by atoms with van der Waals surface area (Å²) in [7, 11) is 1.60. The molecule has 1 aliphatic heterocycles. The summed E-state index contributed by atoms with van der Waals surface area (Å²) in [5.41, 5.74) is 2.51. The normalized spacial score (nSPS) is 14.2. The average Bonchev–Trinajstić information content (AvgIpc) is 2.81. The van der Waals surface area contributed by atoms with Crippen molar-refractivity contribution in [1.29, 1.82) is 0 Å². The van der Waals surface area contributed by atoms with Gasteiger partial charge in [0.05, 0.1) is 22.2 Å². The number of hydrogen-bond donors (Lipinski definition) is 1. The quantitative estimate of drug-likeness (QED) is 0.393. The first-order valence-electron chi connectivity index (χ1n) is 10.1. The average molecular weight is 544 g/mol. The number of hydrogen-bond acceptors (Lipinski definition) is 4. The fraction of sp³-hybridized carbons (Fsp3) is 0.120. The number of fused-ring (bicyclic) bond motifs is 1. The van der Waals surface area contributed by atoms with Gasteiger partial charge in [0, 0.05) is 16.5 Å². The predicted octanol–water partition coefficient (Wildman–Crippen LogP) is 5.91. The van der Waals surface area contributed by atoms with Crippen LogP contribution in [-0.2, 0) is 16.1 Å². The predicted molar refractivity (Wildman–Crippen MR) is 137 cm³/mol. The SMILES string of the molecule is COc1ccc(/C=C2/Sc3ccccc3N(CC(=O)NCc3ccc(Cl)cc3)C2=O)cc1Br. The molecule has 0 atom stereocenters. The van der Waals surface area contributed by atoms with Crippen molar-refractivity contribution in [2.45, 2.75) is 11.4 Å². The number of anilines is 1. The number of carbonyl (C=O) groups is 2. The van der Waals surface area contributed by atoms with Gasteiger partial charge in [0.15, 0.2) is 0 Å². The molecule has 0 unspecified atom stereocenters. The Morgan fingerprint density at radius 3 is 2.64 bits per heavy atom. The number of para-hydroxylation sites is 1. The Bertz CT molecular complexity index is 1230. The van der Waals surface area contributed by atoms with Gasteiger partial charge in [-0.2, -0.15) is 0 Å². The summed E-state index contributed by atoms with van der Waals surface area (Å²) in [6.45, 7) is 0.282. The number of carbonyl (C=O) groups excluding carboxylic acids is 2. The number of thioether (sulfide) groups is 1. The molecule has 33 heavy (non-hydrogen) atoms. The van der Waals surface area contributed by atoms with Gasteiger partial charge in [0.2, 0.25) is 5.91 Å². The van der Waals surface area contributed by atoms with E-state index in [2.05, 4.69) is 21.2 Å². The van der Waals surface area contributed by atoms with Gasteiger partial charge in [0.25, 0.3) is 5.91 Å². The summed E-state index contributed by atoms with van der Waals surface area (Å²) < 4.78 is 6.08. The first kappa shape index (κ1) is 23.4. The second kappa shape index (κ2) is 10.5. The van der Waals surface area contributed by atoms with Crippen molar-refractivity contribution >= 4 is 62.9 Å². The third kappa shape index (κ3) is 5.61. The highest BCUT2D eigenvalue weighted by Gasteiger charge is 2.30. The Balaban J connectivity index is 1.55. The number of halogens is 2. The van der Waals surface area contributed by atoms with Crippen LogP contribution in [0.4, 0.5) is 5.69 Å². The van der Waals surface area contributed by atoms with Crippen molar-refractivity contribution in [3.63, 3.8) is 0 Å². The molecule has 0 radical (unpaired) electrons. The van der Waals surface area contributed by atoms with E-state index in [4.69, 9.17) is 16.3 Å². The van der Waals surface area contributed by atoms with Crippen molar-refractivity contribution in [3.8, 4) is 5.75 Å². The van der Waals surface area contributed by atoms with Crippen LogP contribution in [0.3, 0.4) is 0 Å². The molecule has 5 nitrogen and oxygen atoms in total. The molecule has 0 saturated heterocycles. The van der Waals surface area contributed by atoms with Gasteiger partial charge >= 0.3 is 0 Å². The van der Waals surface area contributed by atoms with E-state index in [0.717, 1.165) is 26.2 Å². The maximum Gasteiger partial charge on any atom is 0.265 e. The summed E-state index contributed by atoms with van der Waals surface area (Å²) in [5.74, 6) is 0.253. The lowest BCUT2D eigenvalue weighted by molar-refractivity contribution is -0.122. The van der Waals surface area contributed by atoms with Gasteiger partial charge in [0.1, 0.15) is 12.3 Å². The molecule has 8 heteroatoms. The second-order valence-electron chi connectivity index (χ2n) is 7.27. The zero-order chi connectivity index (χ0) is 23.4. The van der Waals surface area contributed by atoms with E-state index in [1.807, 2.05) is 60.7 Å². The molecule has 0 spiro atoms. The van der Waals surface area contributed by atoms with Crippen LogP contribution in [0.5, 0.6) is 5.75 Å². The van der Waals surface area contributed by atoms with E-state index in [9.17, 15) is 9.59 Å². The van der Waals surface area contributed by atoms with Crippen molar-refractivity contribution in [3.05, 3.63) is 92.3 Å². The number of ether oxygens (including phenoxy) is 1. The number of benzene rings is 3. The number of amides is 2. The van der Waals surface area contributed by atoms with Crippen LogP contribution in [0.2, 0.25) is 5.02 Å². The Morgan fingerprint density at radius 1 is 1.15 bits per heavy atom. The molecule has 0 aromatic heterocycles. The van der Waals surface area contributed by atoms with Crippen molar-refractivity contribution in [2.75, 3.05) is 18.6 Å². The van der Waals surface area contributed by atoms with E-state index < -0.39 is 0 Å². The van der Waals surface area contributed by atoms with Gasteiger partial charge in [-0.25, -0.2) is 0 Å². The lowest BCUT2D eigenvalue weighted by atomic mass is 10.2. The molecule has 2 amide bonds. The zero-order valence-electron chi connectivity index (χ0n) is 17.7. The Morgan fingerprint density at radius 2 is 1.91 bits per heavy atom. The summed E-state index contributed by atoms with van der Waals surface area (Å²) in [6, 6.07) is 20.5. The third-order valence-corrected chi connectivity index (χ3v) is 6.96. The highest BCUT2D eigenvalue weighted by Crippen LogP contribution is 2.42. The fourth-order valence-corrected chi connectivity index (χ4v) is 5.09. The largest absolute Gasteiger partial charge is 0.496 e. The summed E-state index contributed by atoms with van der Waals surface area (Å²) >= 11 is 10.8. The number of rotatable bonds is 6. The van der Waals surface area contributed by atoms with Gasteiger partial charge in [-0.15, -0.1) is 0 Å². The van der Waals surface area contributed by atoms with Gasteiger partial charge in [-0.3, -0.25) is 14.5 Å². The number of methoxy groups -OCH3 is 1. The molecule has 0 saturated carbocycles. The summed E-state index contributed by atoms with van der Waals surface area (Å²) in [6.07, 6.45) is 1.83. The maximum absolute atomic E-state index is 13.4. The minimum atomic E-state index is -0.244. The molecule has 0 bridgehead atoms. The van der Waals surface area contributed by atoms with Crippen molar-refractivity contribution in [1.82, 2.24) is 5.32 Å². The molecular weight excluding hydrogens is 524 g/mol. The Kier molecular flexibility index (Phi) is 7.42. The molecule has 3 aromatic carbocycles. The lowest BCUT2D eigenvalue weighted by Crippen LogP contribution is -2.42. The Hall–Kier alpha value is -2.74. The number of nitrogens with one attached hydrogen (secondary N) is 1. The molecule has 0 fully saturated rings. The molecule has 0 aliphatic carbocycles. The molecular formula is C25H20BrClN2O3S. The van der Waals surface area contributed by atoms with E-state index in [1.165, 1.54) is 16.7 Å². The minimum Gasteiger partial charge on any atom is -0.496 e. The van der Waals surface area contributed by atoms with Crippen LogP contribution in [-0.4, -0.2) is 25.5 Å². The van der Waals surface area contributed by atoms with E-state index in [0.29, 0.717) is 22.2 Å². The maximum atomic E-state index is 13.4. The van der Waals surface area contributed by atoms with E-state index >= 15 is 0 Å². The molecule has 1 aliphatic rings. The first-order chi connectivity index (χ1) is 15.9. The van der Waals surface area contributed by atoms with Crippen LogP contribution >= 0.6 is 39.3 Å². The number of nitrogens with zero attached hydrogens (tertiary/aromatic N) is 1. The fourth-order valence-electron chi connectivity index (χ4n) is 3.35. The minimum absolute atomic E-state index is 0.0758. The molecule has 4 rings (SSSR count). The van der Waals surface area contributed by atoms with Crippen LogP contribution in [0.1, 0.15) is 11.1 Å². The molecule has 3 aromatic rings. The highest BCUT2D eigenvalue weighted by molar-refractivity contribution is 9.10. The van der Waals surface area contributed by atoms with Crippen LogP contribution in [0.25, 0.3) is 6.08 Å². The van der Waals surface area contributed by atoms with Gasteiger partial charge in [-0.05, 0) is 69.5 Å². The van der Waals surface area contributed by atoms with Gasteiger partial charge < -0.3 is 10.1 Å². The summed E-state index contributed by atoms with van der Waals surface area (Å²) in [4.78, 5) is 29.0. The highest BCUT2D eigenvalue weighted by atomic mass is 79.9. The molecule has 1 N–H and O–H groups in total. The topological polar surface area (TPSA) is 58.6 Å². The van der Waals surface area contributed by atoms with E-state index in [-0.39, 0.29) is 18.4 Å². The smallest absolute Gasteiger partial charge is 0.265 e. The zero-order valence-corrected chi connectivity index (χ0v) is 20.8. The molecule has 1 heterocycles. The van der Waals surface area contributed by atoms with Crippen LogP contribution in [0, 0.1) is 0 Å².